The standard InChI is InChI=1S/C12H21N3O3S2/c1-2-3-13-9-11-8-12(10-19-11)20(16,17)14-15-4-6-18-7-5-15/h8,10,13-14H,2-7,9H2,1H3. The van der Waals surface area contributed by atoms with Crippen molar-refractivity contribution >= 4 is 21.4 Å². The van der Waals surface area contributed by atoms with E-state index < -0.39 is 10.0 Å². The maximum atomic E-state index is 12.2. The molecule has 0 bridgehead atoms. The van der Waals surface area contributed by atoms with E-state index in [1.54, 1.807) is 16.5 Å². The van der Waals surface area contributed by atoms with E-state index in [1.165, 1.54) is 11.3 Å². The Hall–Kier alpha value is -0.510. The third-order valence-corrected chi connectivity index (χ3v) is 5.37. The first kappa shape index (κ1) is 15.9. The number of morpholine rings is 1. The van der Waals surface area contributed by atoms with E-state index in [0.29, 0.717) is 37.7 Å². The van der Waals surface area contributed by atoms with Crippen LogP contribution in [0.3, 0.4) is 0 Å². The molecule has 1 aliphatic rings. The van der Waals surface area contributed by atoms with Crippen LogP contribution >= 0.6 is 11.3 Å². The van der Waals surface area contributed by atoms with Gasteiger partial charge in [-0.1, -0.05) is 6.92 Å². The van der Waals surface area contributed by atoms with Crippen LogP contribution in [-0.2, 0) is 21.3 Å². The highest BCUT2D eigenvalue weighted by atomic mass is 32.2. The first-order chi connectivity index (χ1) is 9.62. The lowest BCUT2D eigenvalue weighted by molar-refractivity contribution is 0.0272. The van der Waals surface area contributed by atoms with Gasteiger partial charge in [0.15, 0.2) is 0 Å². The Kier molecular flexibility index (Phi) is 5.94. The zero-order valence-corrected chi connectivity index (χ0v) is 13.2. The Labute approximate surface area is 124 Å². The normalized spacial score (nSPS) is 17.4. The summed E-state index contributed by atoms with van der Waals surface area (Å²) in [5.41, 5.74) is 0. The Morgan fingerprint density at radius 1 is 1.40 bits per heavy atom. The van der Waals surface area contributed by atoms with Crippen molar-refractivity contribution < 1.29 is 13.2 Å². The molecule has 2 N–H and O–H groups in total. The van der Waals surface area contributed by atoms with Crippen molar-refractivity contribution in [1.29, 1.82) is 0 Å². The quantitative estimate of drug-likeness (QED) is 0.727. The number of thiophene rings is 1. The monoisotopic (exact) mass is 319 g/mol. The molecule has 6 nitrogen and oxygen atoms in total. The molecule has 1 fully saturated rings. The Morgan fingerprint density at radius 2 is 2.15 bits per heavy atom. The summed E-state index contributed by atoms with van der Waals surface area (Å²) < 4.78 is 29.7. The number of hydrazine groups is 1. The van der Waals surface area contributed by atoms with E-state index in [-0.39, 0.29) is 0 Å². The SMILES string of the molecule is CCCNCc1cc(S(=O)(=O)NN2CCOCC2)cs1. The van der Waals surface area contributed by atoms with Crippen LogP contribution in [0.15, 0.2) is 16.3 Å². The van der Waals surface area contributed by atoms with E-state index >= 15 is 0 Å². The minimum atomic E-state index is -3.47. The largest absolute Gasteiger partial charge is 0.379 e. The molecule has 0 amide bonds. The van der Waals surface area contributed by atoms with Crippen molar-refractivity contribution in [1.82, 2.24) is 15.2 Å². The Balaban J connectivity index is 1.94. The van der Waals surface area contributed by atoms with Gasteiger partial charge in [0.2, 0.25) is 0 Å². The highest BCUT2D eigenvalue weighted by molar-refractivity contribution is 7.89. The molecule has 1 aromatic heterocycles. The lowest BCUT2D eigenvalue weighted by Crippen LogP contribution is -2.48. The van der Waals surface area contributed by atoms with Gasteiger partial charge in [-0.25, -0.2) is 13.4 Å². The van der Waals surface area contributed by atoms with Gasteiger partial charge in [0, 0.05) is 29.9 Å². The highest BCUT2D eigenvalue weighted by Gasteiger charge is 2.21. The van der Waals surface area contributed by atoms with Gasteiger partial charge in [-0.15, -0.1) is 16.2 Å². The van der Waals surface area contributed by atoms with Crippen molar-refractivity contribution in [3.63, 3.8) is 0 Å². The number of nitrogens with zero attached hydrogens (tertiary/aromatic N) is 1. The molecule has 0 radical (unpaired) electrons. The van der Waals surface area contributed by atoms with Gasteiger partial charge in [-0.3, -0.25) is 0 Å². The Morgan fingerprint density at radius 3 is 2.85 bits per heavy atom. The molecule has 0 unspecified atom stereocenters. The molecule has 1 saturated heterocycles. The highest BCUT2D eigenvalue weighted by Crippen LogP contribution is 2.19. The summed E-state index contributed by atoms with van der Waals surface area (Å²) in [6.45, 7) is 6.01. The topological polar surface area (TPSA) is 70.7 Å². The van der Waals surface area contributed by atoms with E-state index in [9.17, 15) is 8.42 Å². The van der Waals surface area contributed by atoms with Crippen LogP contribution < -0.4 is 10.1 Å². The molecule has 0 spiro atoms. The maximum Gasteiger partial charge on any atom is 0.254 e. The number of sulfonamides is 1. The van der Waals surface area contributed by atoms with Gasteiger partial charge >= 0.3 is 0 Å². The van der Waals surface area contributed by atoms with E-state index in [2.05, 4.69) is 17.1 Å². The van der Waals surface area contributed by atoms with Gasteiger partial charge in [-0.2, -0.15) is 0 Å². The summed E-state index contributed by atoms with van der Waals surface area (Å²) in [7, 11) is -3.47. The number of hydrogen-bond donors (Lipinski definition) is 2. The van der Waals surface area contributed by atoms with Crippen LogP contribution in [0.25, 0.3) is 0 Å². The molecule has 0 aromatic carbocycles. The van der Waals surface area contributed by atoms with Crippen LogP contribution in [0.1, 0.15) is 18.2 Å². The van der Waals surface area contributed by atoms with Crippen LogP contribution in [0, 0.1) is 0 Å². The second-order valence-electron chi connectivity index (χ2n) is 4.62. The van der Waals surface area contributed by atoms with Crippen LogP contribution in [0.2, 0.25) is 0 Å². The lowest BCUT2D eigenvalue weighted by atomic mass is 10.4. The minimum absolute atomic E-state index is 0.335. The zero-order valence-electron chi connectivity index (χ0n) is 11.6. The molecule has 114 valence electrons. The third-order valence-electron chi connectivity index (χ3n) is 2.93. The minimum Gasteiger partial charge on any atom is -0.379 e. The Bertz CT molecular complexity index is 510. The van der Waals surface area contributed by atoms with Crippen molar-refractivity contribution in [3.8, 4) is 0 Å². The number of ether oxygens (including phenoxy) is 1. The van der Waals surface area contributed by atoms with Crippen molar-refractivity contribution in [3.05, 3.63) is 16.3 Å². The molecular formula is C12H21N3O3S2. The van der Waals surface area contributed by atoms with Gasteiger partial charge in [0.05, 0.1) is 18.1 Å². The molecule has 20 heavy (non-hydrogen) atoms. The van der Waals surface area contributed by atoms with E-state index in [0.717, 1.165) is 17.8 Å². The second kappa shape index (κ2) is 7.48. The first-order valence-electron chi connectivity index (χ1n) is 6.75. The molecule has 2 heterocycles. The smallest absolute Gasteiger partial charge is 0.254 e. The van der Waals surface area contributed by atoms with Crippen molar-refractivity contribution in [2.75, 3.05) is 32.8 Å². The molecular weight excluding hydrogens is 298 g/mol. The average molecular weight is 319 g/mol. The molecule has 1 aromatic rings. The van der Waals surface area contributed by atoms with Gasteiger partial charge in [-0.05, 0) is 19.0 Å². The summed E-state index contributed by atoms with van der Waals surface area (Å²) in [6, 6.07) is 1.73. The number of hydrogen-bond acceptors (Lipinski definition) is 6. The summed E-state index contributed by atoms with van der Waals surface area (Å²) in [6.07, 6.45) is 1.06. The summed E-state index contributed by atoms with van der Waals surface area (Å²) in [5.74, 6) is 0. The fourth-order valence-corrected chi connectivity index (χ4v) is 4.23. The van der Waals surface area contributed by atoms with E-state index in [1.807, 2.05) is 0 Å². The maximum absolute atomic E-state index is 12.2. The second-order valence-corrected chi connectivity index (χ2v) is 7.28. The lowest BCUT2D eigenvalue weighted by Gasteiger charge is -2.26. The molecule has 1 aliphatic heterocycles. The molecule has 8 heteroatoms. The number of nitrogens with one attached hydrogen (secondary N) is 2. The predicted molar refractivity (Wildman–Crippen MR) is 79.0 cm³/mol. The average Bonchev–Trinajstić information content (AvgIpc) is 2.89. The summed E-state index contributed by atoms with van der Waals surface area (Å²) >= 11 is 1.46. The fraction of sp³-hybridized carbons (Fsp3) is 0.667. The van der Waals surface area contributed by atoms with Gasteiger partial charge in [0.25, 0.3) is 10.0 Å². The fourth-order valence-electron chi connectivity index (χ4n) is 1.86. The molecule has 0 saturated carbocycles. The number of rotatable bonds is 7. The molecule has 0 aliphatic carbocycles. The summed E-state index contributed by atoms with van der Waals surface area (Å²) in [4.78, 5) is 3.97. The molecule has 0 atom stereocenters. The van der Waals surface area contributed by atoms with Crippen LogP contribution in [-0.4, -0.2) is 46.3 Å². The first-order valence-corrected chi connectivity index (χ1v) is 9.11. The molecule has 2 rings (SSSR count). The predicted octanol–water partition coefficient (Wildman–Crippen LogP) is 0.773. The van der Waals surface area contributed by atoms with Gasteiger partial charge in [0.1, 0.15) is 0 Å². The van der Waals surface area contributed by atoms with Crippen molar-refractivity contribution in [2.45, 2.75) is 24.8 Å². The van der Waals surface area contributed by atoms with Crippen LogP contribution in [0.4, 0.5) is 0 Å². The van der Waals surface area contributed by atoms with Gasteiger partial charge < -0.3 is 10.1 Å². The zero-order chi connectivity index (χ0) is 14.4. The third kappa shape index (κ3) is 4.51. The van der Waals surface area contributed by atoms with Crippen molar-refractivity contribution in [2.24, 2.45) is 0 Å². The summed E-state index contributed by atoms with van der Waals surface area (Å²) in [5, 5.41) is 6.64. The van der Waals surface area contributed by atoms with Crippen LogP contribution in [0.5, 0.6) is 0 Å². The van der Waals surface area contributed by atoms with E-state index in [4.69, 9.17) is 4.74 Å².